The Morgan fingerprint density at radius 2 is 2.08 bits per heavy atom. The van der Waals surface area contributed by atoms with Gasteiger partial charge in [0.2, 0.25) is 0 Å². The van der Waals surface area contributed by atoms with Gasteiger partial charge in [-0.2, -0.15) is 0 Å². The minimum Gasteiger partial charge on any atom is -0.491 e. The van der Waals surface area contributed by atoms with Crippen LogP contribution in [0.4, 0.5) is 0 Å². The molecule has 1 aliphatic heterocycles. The highest BCUT2D eigenvalue weighted by Gasteiger charge is 2.13. The average Bonchev–Trinajstić information content (AvgIpc) is 2.63. The Balaban J connectivity index is 1.74. The molecular formula is C18H23ClN2O4. The first-order chi connectivity index (χ1) is 12.2. The van der Waals surface area contributed by atoms with Crippen LogP contribution in [-0.2, 0) is 15.9 Å². The fourth-order valence-electron chi connectivity index (χ4n) is 2.88. The van der Waals surface area contributed by atoms with Crippen molar-refractivity contribution in [2.45, 2.75) is 6.42 Å². The van der Waals surface area contributed by atoms with Crippen LogP contribution < -0.4 is 10.2 Å². The summed E-state index contributed by atoms with van der Waals surface area (Å²) in [5, 5.41) is 1.00. The number of aromatic amines is 1. The number of H-pyrrole nitrogens is 1. The maximum atomic E-state index is 12.3. The summed E-state index contributed by atoms with van der Waals surface area (Å²) in [6, 6.07) is 5.11. The zero-order chi connectivity index (χ0) is 17.6. The standard InChI is InChI=1S/C18H23ClN2O4/c1-23-8-4-13-12-15(22)14-2-3-16(17(19)18(14)20-13)25-11-7-21-5-9-24-10-6-21/h2-3,12H,4-11H2,1H3,(H,20,22). The van der Waals surface area contributed by atoms with E-state index in [9.17, 15) is 4.79 Å². The van der Waals surface area contributed by atoms with Crippen LogP contribution in [0.3, 0.4) is 0 Å². The molecule has 1 aromatic carbocycles. The number of halogens is 1. The largest absolute Gasteiger partial charge is 0.491 e. The second kappa shape index (κ2) is 8.67. The molecule has 0 amide bonds. The lowest BCUT2D eigenvalue weighted by Crippen LogP contribution is -2.38. The Morgan fingerprint density at radius 1 is 1.28 bits per heavy atom. The number of fused-ring (bicyclic) bond motifs is 1. The molecule has 0 spiro atoms. The summed E-state index contributed by atoms with van der Waals surface area (Å²) in [7, 11) is 1.63. The summed E-state index contributed by atoms with van der Waals surface area (Å²) in [6.45, 7) is 5.27. The van der Waals surface area contributed by atoms with E-state index in [0.717, 1.165) is 38.5 Å². The molecule has 2 aromatic rings. The van der Waals surface area contributed by atoms with Crippen molar-refractivity contribution in [3.8, 4) is 5.75 Å². The van der Waals surface area contributed by atoms with E-state index < -0.39 is 0 Å². The maximum Gasteiger partial charge on any atom is 0.189 e. The second-order valence-electron chi connectivity index (χ2n) is 6.00. The third-order valence-electron chi connectivity index (χ3n) is 4.31. The number of rotatable bonds is 7. The first kappa shape index (κ1) is 18.2. The van der Waals surface area contributed by atoms with Crippen molar-refractivity contribution in [3.63, 3.8) is 0 Å². The lowest BCUT2D eigenvalue weighted by Gasteiger charge is -2.26. The van der Waals surface area contributed by atoms with E-state index >= 15 is 0 Å². The Kier molecular flexibility index (Phi) is 6.31. The highest BCUT2D eigenvalue weighted by molar-refractivity contribution is 6.36. The molecule has 0 saturated carbocycles. The van der Waals surface area contributed by atoms with Gasteiger partial charge in [0.25, 0.3) is 0 Å². The Morgan fingerprint density at radius 3 is 2.84 bits per heavy atom. The first-order valence-electron chi connectivity index (χ1n) is 8.45. The minimum atomic E-state index is -0.0541. The zero-order valence-electron chi connectivity index (χ0n) is 14.3. The molecule has 0 radical (unpaired) electrons. The van der Waals surface area contributed by atoms with Crippen LogP contribution in [0.5, 0.6) is 5.75 Å². The van der Waals surface area contributed by atoms with Crippen LogP contribution >= 0.6 is 11.6 Å². The Hall–Kier alpha value is -1.60. The van der Waals surface area contributed by atoms with Gasteiger partial charge in [0.05, 0.1) is 25.3 Å². The van der Waals surface area contributed by atoms with Gasteiger partial charge in [-0.05, 0) is 12.1 Å². The maximum absolute atomic E-state index is 12.3. The average molecular weight is 367 g/mol. The SMILES string of the molecule is COCCc1cc(=O)c2ccc(OCCN3CCOCC3)c(Cl)c2[nH]1. The molecule has 2 heterocycles. The molecule has 1 N–H and O–H groups in total. The Bertz CT molecular complexity index is 771. The molecule has 1 fully saturated rings. The molecule has 6 nitrogen and oxygen atoms in total. The Labute approximate surface area is 151 Å². The highest BCUT2D eigenvalue weighted by Crippen LogP contribution is 2.30. The second-order valence-corrected chi connectivity index (χ2v) is 6.38. The zero-order valence-corrected chi connectivity index (χ0v) is 15.1. The summed E-state index contributed by atoms with van der Waals surface area (Å²) in [5.41, 5.74) is 1.36. The van der Waals surface area contributed by atoms with Gasteiger partial charge < -0.3 is 19.2 Å². The van der Waals surface area contributed by atoms with Crippen molar-refractivity contribution in [3.05, 3.63) is 39.1 Å². The number of aromatic nitrogens is 1. The van der Waals surface area contributed by atoms with E-state index in [2.05, 4.69) is 9.88 Å². The van der Waals surface area contributed by atoms with Gasteiger partial charge >= 0.3 is 0 Å². The third kappa shape index (κ3) is 4.52. The summed E-state index contributed by atoms with van der Waals surface area (Å²) in [4.78, 5) is 17.8. The first-order valence-corrected chi connectivity index (χ1v) is 8.83. The molecule has 1 saturated heterocycles. The van der Waals surface area contributed by atoms with E-state index in [1.54, 1.807) is 25.3 Å². The monoisotopic (exact) mass is 366 g/mol. The van der Waals surface area contributed by atoms with Crippen LogP contribution in [-0.4, -0.2) is 63.1 Å². The number of hydrogen-bond acceptors (Lipinski definition) is 5. The van der Waals surface area contributed by atoms with Crippen molar-refractivity contribution in [1.82, 2.24) is 9.88 Å². The van der Waals surface area contributed by atoms with Gasteiger partial charge in [-0.15, -0.1) is 0 Å². The molecule has 0 aliphatic carbocycles. The number of morpholine rings is 1. The van der Waals surface area contributed by atoms with Crippen LogP contribution in [0.2, 0.25) is 5.02 Å². The fourth-order valence-corrected chi connectivity index (χ4v) is 3.15. The van der Waals surface area contributed by atoms with Crippen molar-refractivity contribution >= 4 is 22.5 Å². The van der Waals surface area contributed by atoms with Crippen LogP contribution in [0.15, 0.2) is 23.0 Å². The fraction of sp³-hybridized carbons (Fsp3) is 0.500. The quantitative estimate of drug-likeness (QED) is 0.812. The number of benzene rings is 1. The number of hydrogen-bond donors (Lipinski definition) is 1. The van der Waals surface area contributed by atoms with E-state index in [0.29, 0.717) is 41.3 Å². The molecule has 3 rings (SSSR count). The van der Waals surface area contributed by atoms with Gasteiger partial charge in [0.1, 0.15) is 17.4 Å². The van der Waals surface area contributed by atoms with Gasteiger partial charge in [-0.3, -0.25) is 9.69 Å². The third-order valence-corrected chi connectivity index (χ3v) is 4.68. The van der Waals surface area contributed by atoms with Gasteiger partial charge in [-0.1, -0.05) is 11.6 Å². The normalized spacial score (nSPS) is 15.6. The lowest BCUT2D eigenvalue weighted by atomic mass is 10.1. The van der Waals surface area contributed by atoms with Gasteiger partial charge in [0, 0.05) is 50.3 Å². The summed E-state index contributed by atoms with van der Waals surface area (Å²) in [6.07, 6.45) is 0.625. The van der Waals surface area contributed by atoms with E-state index in [1.165, 1.54) is 0 Å². The van der Waals surface area contributed by atoms with E-state index in [-0.39, 0.29) is 5.43 Å². The number of ether oxygens (including phenoxy) is 3. The van der Waals surface area contributed by atoms with Gasteiger partial charge in [-0.25, -0.2) is 0 Å². The number of pyridine rings is 1. The topological polar surface area (TPSA) is 63.8 Å². The molecule has 1 aromatic heterocycles. The molecular weight excluding hydrogens is 344 g/mol. The minimum absolute atomic E-state index is 0.0541. The highest BCUT2D eigenvalue weighted by atomic mass is 35.5. The van der Waals surface area contributed by atoms with Crippen LogP contribution in [0.25, 0.3) is 10.9 Å². The molecule has 0 unspecified atom stereocenters. The van der Waals surface area contributed by atoms with Crippen molar-refractivity contribution in [2.75, 3.05) is 53.2 Å². The number of methoxy groups -OCH3 is 1. The molecule has 7 heteroatoms. The predicted octanol–water partition coefficient (Wildman–Crippen LogP) is 2.08. The van der Waals surface area contributed by atoms with E-state index in [1.807, 2.05) is 0 Å². The molecule has 1 aliphatic rings. The number of nitrogens with one attached hydrogen (secondary N) is 1. The van der Waals surface area contributed by atoms with E-state index in [4.69, 9.17) is 25.8 Å². The molecule has 0 bridgehead atoms. The predicted molar refractivity (Wildman–Crippen MR) is 97.9 cm³/mol. The lowest BCUT2D eigenvalue weighted by molar-refractivity contribution is 0.0322. The van der Waals surface area contributed by atoms with Gasteiger partial charge in [0.15, 0.2) is 5.43 Å². The smallest absolute Gasteiger partial charge is 0.189 e. The molecule has 0 atom stereocenters. The molecule has 136 valence electrons. The molecule has 25 heavy (non-hydrogen) atoms. The summed E-state index contributed by atoms with van der Waals surface area (Å²) < 4.78 is 16.3. The van der Waals surface area contributed by atoms with Crippen molar-refractivity contribution in [2.24, 2.45) is 0 Å². The van der Waals surface area contributed by atoms with Crippen LogP contribution in [0, 0.1) is 0 Å². The van der Waals surface area contributed by atoms with Crippen molar-refractivity contribution < 1.29 is 14.2 Å². The summed E-state index contributed by atoms with van der Waals surface area (Å²) >= 11 is 6.48. The van der Waals surface area contributed by atoms with Crippen LogP contribution in [0.1, 0.15) is 5.69 Å². The summed E-state index contributed by atoms with van der Waals surface area (Å²) in [5.74, 6) is 0.585. The van der Waals surface area contributed by atoms with Crippen molar-refractivity contribution in [1.29, 1.82) is 0 Å². The number of nitrogens with zero attached hydrogens (tertiary/aromatic N) is 1.